The molecule has 2 aromatic carbocycles. The Labute approximate surface area is 142 Å². The molecule has 0 fully saturated rings. The Bertz CT molecular complexity index is 892. The number of fused-ring (bicyclic) bond motifs is 1. The number of alkyl halides is 2. The second-order valence-electron chi connectivity index (χ2n) is 5.19. The number of rotatable bonds is 6. The van der Waals surface area contributed by atoms with E-state index in [2.05, 4.69) is 9.72 Å². The van der Waals surface area contributed by atoms with Gasteiger partial charge in [-0.1, -0.05) is 24.3 Å². The van der Waals surface area contributed by atoms with Crippen LogP contribution in [0.25, 0.3) is 10.9 Å². The first-order chi connectivity index (χ1) is 12.1. The van der Waals surface area contributed by atoms with E-state index in [1.54, 1.807) is 6.20 Å². The lowest BCUT2D eigenvalue weighted by Crippen LogP contribution is -2.06. The summed E-state index contributed by atoms with van der Waals surface area (Å²) < 4.78 is 39.3. The highest BCUT2D eigenvalue weighted by molar-refractivity contribution is 6.03. The summed E-state index contributed by atoms with van der Waals surface area (Å²) in [7, 11) is 1.34. The minimum Gasteiger partial charge on any atom is -0.493 e. The van der Waals surface area contributed by atoms with Crippen molar-refractivity contribution >= 4 is 16.9 Å². The van der Waals surface area contributed by atoms with Crippen LogP contribution in [0.5, 0.6) is 11.5 Å². The summed E-state index contributed by atoms with van der Waals surface area (Å²) in [5.41, 5.74) is 1.86. The number of methoxy groups -OCH3 is 1. The van der Waals surface area contributed by atoms with Gasteiger partial charge in [-0.25, -0.2) is 4.79 Å². The zero-order chi connectivity index (χ0) is 17.8. The lowest BCUT2D eigenvalue weighted by Gasteiger charge is -2.11. The van der Waals surface area contributed by atoms with Gasteiger partial charge in [0, 0.05) is 17.1 Å². The number of hydrogen-bond donors (Lipinski definition) is 1. The Morgan fingerprint density at radius 2 is 1.96 bits per heavy atom. The van der Waals surface area contributed by atoms with Crippen molar-refractivity contribution in [2.24, 2.45) is 0 Å². The molecule has 25 heavy (non-hydrogen) atoms. The third kappa shape index (κ3) is 3.71. The van der Waals surface area contributed by atoms with Crippen LogP contribution in [-0.4, -0.2) is 24.7 Å². The summed E-state index contributed by atoms with van der Waals surface area (Å²) in [6.45, 7) is -2.97. The molecule has 0 aliphatic heterocycles. The molecular formula is C18H15F2NO4. The highest BCUT2D eigenvalue weighted by atomic mass is 19.3. The summed E-state index contributed by atoms with van der Waals surface area (Å²) in [6, 6.07) is 11.7. The molecule has 5 nitrogen and oxygen atoms in total. The van der Waals surface area contributed by atoms with E-state index in [-0.39, 0.29) is 18.1 Å². The predicted molar refractivity (Wildman–Crippen MR) is 87.0 cm³/mol. The van der Waals surface area contributed by atoms with Gasteiger partial charge >= 0.3 is 12.6 Å². The number of aromatic nitrogens is 1. The largest absolute Gasteiger partial charge is 0.493 e. The molecular weight excluding hydrogens is 332 g/mol. The molecule has 0 aliphatic carbocycles. The number of H-pyrrole nitrogens is 1. The fourth-order valence-electron chi connectivity index (χ4n) is 2.46. The first-order valence-corrected chi connectivity index (χ1v) is 7.43. The van der Waals surface area contributed by atoms with Crippen molar-refractivity contribution in [3.63, 3.8) is 0 Å². The highest BCUT2D eigenvalue weighted by Gasteiger charge is 2.15. The number of benzene rings is 2. The summed E-state index contributed by atoms with van der Waals surface area (Å²) >= 11 is 0. The molecule has 0 spiro atoms. The van der Waals surface area contributed by atoms with E-state index >= 15 is 0 Å². The van der Waals surface area contributed by atoms with E-state index < -0.39 is 12.6 Å². The molecule has 1 aromatic heterocycles. The average molecular weight is 347 g/mol. The molecule has 0 aliphatic rings. The van der Waals surface area contributed by atoms with Crippen molar-refractivity contribution in [1.82, 2.24) is 4.98 Å². The maximum absolute atomic E-state index is 12.3. The summed E-state index contributed by atoms with van der Waals surface area (Å²) in [6.07, 6.45) is 1.59. The Morgan fingerprint density at radius 1 is 1.16 bits per heavy atom. The number of nitrogens with one attached hydrogen (secondary N) is 1. The van der Waals surface area contributed by atoms with Crippen LogP contribution < -0.4 is 9.47 Å². The molecule has 3 aromatic rings. The van der Waals surface area contributed by atoms with Crippen molar-refractivity contribution in [3.05, 3.63) is 59.8 Å². The Balaban J connectivity index is 1.71. The molecule has 1 heterocycles. The molecule has 0 saturated heterocycles. The molecule has 7 heteroatoms. The second kappa shape index (κ2) is 7.21. The number of ether oxygens (including phenoxy) is 3. The van der Waals surface area contributed by atoms with Crippen molar-refractivity contribution < 1.29 is 27.8 Å². The maximum atomic E-state index is 12.3. The van der Waals surface area contributed by atoms with Gasteiger partial charge in [0.05, 0.1) is 12.7 Å². The van der Waals surface area contributed by atoms with Crippen molar-refractivity contribution in [1.29, 1.82) is 0 Å². The van der Waals surface area contributed by atoms with Crippen LogP contribution in [-0.2, 0) is 11.3 Å². The summed E-state index contributed by atoms with van der Waals surface area (Å²) in [4.78, 5) is 15.3. The normalized spacial score (nSPS) is 10.9. The molecule has 0 unspecified atom stereocenters. The topological polar surface area (TPSA) is 60.5 Å². The van der Waals surface area contributed by atoms with Crippen LogP contribution >= 0.6 is 0 Å². The molecule has 0 amide bonds. The minimum absolute atomic E-state index is 0.0241. The molecule has 0 radical (unpaired) electrons. The van der Waals surface area contributed by atoms with Crippen molar-refractivity contribution in [3.8, 4) is 11.5 Å². The van der Waals surface area contributed by atoms with Gasteiger partial charge in [-0.05, 0) is 23.8 Å². The van der Waals surface area contributed by atoms with Crippen molar-refractivity contribution in [2.75, 3.05) is 7.11 Å². The standard InChI is InChI=1S/C18H15F2NO4/c1-23-16-8-11(6-7-15(16)25-18(19)20)10-24-17(22)13-9-21-14-5-3-2-4-12(13)14/h2-9,18,21H,10H2,1H3. The number of carbonyl (C=O) groups excluding carboxylic acids is 1. The monoisotopic (exact) mass is 347 g/mol. The summed E-state index contributed by atoms with van der Waals surface area (Å²) in [5.74, 6) is -0.422. The first kappa shape index (κ1) is 16.8. The van der Waals surface area contributed by atoms with Crippen LogP contribution in [0.4, 0.5) is 8.78 Å². The smallest absolute Gasteiger partial charge is 0.387 e. The van der Waals surface area contributed by atoms with Crippen LogP contribution in [0, 0.1) is 0 Å². The summed E-state index contributed by atoms with van der Waals surface area (Å²) in [5, 5.41) is 0.769. The van der Waals surface area contributed by atoms with Gasteiger partial charge in [-0.15, -0.1) is 0 Å². The number of hydrogen-bond acceptors (Lipinski definition) is 4. The SMILES string of the molecule is COc1cc(COC(=O)c2c[nH]c3ccccc23)ccc1OC(F)F. The maximum Gasteiger partial charge on any atom is 0.387 e. The van der Waals surface area contributed by atoms with E-state index in [1.165, 1.54) is 25.3 Å². The number of aromatic amines is 1. The lowest BCUT2D eigenvalue weighted by atomic mass is 10.2. The van der Waals surface area contributed by atoms with Gasteiger partial charge in [0.1, 0.15) is 6.61 Å². The number of esters is 1. The molecule has 0 saturated carbocycles. The third-order valence-corrected chi connectivity index (χ3v) is 3.62. The van der Waals surface area contributed by atoms with Gasteiger partial charge in [0.25, 0.3) is 0 Å². The fraction of sp³-hybridized carbons (Fsp3) is 0.167. The third-order valence-electron chi connectivity index (χ3n) is 3.62. The Morgan fingerprint density at radius 3 is 2.72 bits per heavy atom. The lowest BCUT2D eigenvalue weighted by molar-refractivity contribution is -0.0512. The van der Waals surface area contributed by atoms with E-state index in [9.17, 15) is 13.6 Å². The quantitative estimate of drug-likeness (QED) is 0.681. The Kier molecular flexibility index (Phi) is 4.83. The minimum atomic E-state index is -2.94. The number of halogens is 2. The van der Waals surface area contributed by atoms with Crippen LogP contribution in [0.1, 0.15) is 15.9 Å². The predicted octanol–water partition coefficient (Wildman–Crippen LogP) is 4.13. The first-order valence-electron chi connectivity index (χ1n) is 7.43. The van der Waals surface area contributed by atoms with Crippen LogP contribution in [0.2, 0.25) is 0 Å². The molecule has 3 rings (SSSR count). The van der Waals surface area contributed by atoms with E-state index in [0.29, 0.717) is 11.1 Å². The highest BCUT2D eigenvalue weighted by Crippen LogP contribution is 2.30. The van der Waals surface area contributed by atoms with Gasteiger partial charge in [-0.3, -0.25) is 0 Å². The molecule has 0 atom stereocenters. The Hall–Kier alpha value is -3.09. The van der Waals surface area contributed by atoms with Crippen molar-refractivity contribution in [2.45, 2.75) is 13.2 Å². The van der Waals surface area contributed by atoms with E-state index in [4.69, 9.17) is 9.47 Å². The van der Waals surface area contributed by atoms with Gasteiger partial charge in [-0.2, -0.15) is 8.78 Å². The second-order valence-corrected chi connectivity index (χ2v) is 5.19. The number of para-hydroxylation sites is 1. The average Bonchev–Trinajstić information content (AvgIpc) is 3.04. The zero-order valence-corrected chi connectivity index (χ0v) is 13.3. The molecule has 0 bridgehead atoms. The van der Waals surface area contributed by atoms with Gasteiger partial charge < -0.3 is 19.2 Å². The molecule has 130 valence electrons. The van der Waals surface area contributed by atoms with Gasteiger partial charge in [0.15, 0.2) is 11.5 Å². The fourth-order valence-corrected chi connectivity index (χ4v) is 2.46. The van der Waals surface area contributed by atoms with E-state index in [1.807, 2.05) is 24.3 Å². The van der Waals surface area contributed by atoms with Crippen LogP contribution in [0.15, 0.2) is 48.7 Å². The van der Waals surface area contributed by atoms with Gasteiger partial charge in [0.2, 0.25) is 0 Å². The zero-order valence-electron chi connectivity index (χ0n) is 13.3. The van der Waals surface area contributed by atoms with E-state index in [0.717, 1.165) is 10.9 Å². The number of carbonyl (C=O) groups is 1. The van der Waals surface area contributed by atoms with Crippen LogP contribution in [0.3, 0.4) is 0 Å². The molecule has 1 N–H and O–H groups in total.